The third-order valence-electron chi connectivity index (χ3n) is 5.36. The van der Waals surface area contributed by atoms with E-state index in [-0.39, 0.29) is 45.3 Å². The number of benzene rings is 2. The van der Waals surface area contributed by atoms with Crippen LogP contribution < -0.4 is 15.5 Å². The van der Waals surface area contributed by atoms with Gasteiger partial charge < -0.3 is 25.4 Å². The molecule has 0 aliphatic carbocycles. The quantitative estimate of drug-likeness (QED) is 0.395. The zero-order valence-corrected chi connectivity index (χ0v) is 23.6. The molecule has 1 unspecified atom stereocenters. The average Bonchev–Trinajstić information content (AvgIpc) is 2.87. The van der Waals surface area contributed by atoms with Crippen molar-refractivity contribution in [2.75, 3.05) is 23.4 Å². The Kier molecular flexibility index (Phi) is 13.7. The minimum absolute atomic E-state index is 0.0520. The first-order chi connectivity index (χ1) is 17.9. The fraction of sp³-hybridized carbons (Fsp3) is 0.370. The number of aliphatic hydroxyl groups excluding tert-OH is 1. The first-order valence-electron chi connectivity index (χ1n) is 11.9. The number of para-hydroxylation sites is 1. The summed E-state index contributed by atoms with van der Waals surface area (Å²) in [6.07, 6.45) is 1.29. The molecule has 0 aliphatic rings. The monoisotopic (exact) mass is 565 g/mol. The summed E-state index contributed by atoms with van der Waals surface area (Å²) >= 11 is 12.3. The van der Waals surface area contributed by atoms with Crippen molar-refractivity contribution in [2.45, 2.75) is 53.5 Å². The Labute approximate surface area is 232 Å². The Morgan fingerprint density at radius 2 is 1.53 bits per heavy atom. The van der Waals surface area contributed by atoms with Crippen LogP contribution in [0.2, 0.25) is 10.0 Å². The molecule has 206 valence electrons. The van der Waals surface area contributed by atoms with E-state index in [4.69, 9.17) is 23.2 Å². The van der Waals surface area contributed by atoms with Crippen LogP contribution >= 0.6 is 23.2 Å². The van der Waals surface area contributed by atoms with Gasteiger partial charge in [0.05, 0.1) is 22.3 Å². The largest absolute Gasteiger partial charge is 0.387 e. The van der Waals surface area contributed by atoms with Gasteiger partial charge in [0.2, 0.25) is 5.91 Å². The molecule has 0 spiro atoms. The third-order valence-corrected chi connectivity index (χ3v) is 5.96. The molecule has 0 radical (unpaired) electrons. The maximum absolute atomic E-state index is 12.9. The number of nitrogens with one attached hydrogen (secondary N) is 2. The van der Waals surface area contributed by atoms with E-state index in [0.717, 1.165) is 5.56 Å². The Bertz CT molecular complexity index is 1160. The van der Waals surface area contributed by atoms with E-state index in [1.165, 1.54) is 30.9 Å². The summed E-state index contributed by atoms with van der Waals surface area (Å²) in [6, 6.07) is 8.69. The molecule has 0 aliphatic heterocycles. The number of Topliss-reactive ketones (excluding diaryl/α,β-unsaturated/α-hetero) is 2. The smallest absolute Gasteiger partial charge is 0.252 e. The average molecular weight is 566 g/mol. The van der Waals surface area contributed by atoms with Gasteiger partial charge in [-0.1, -0.05) is 55.2 Å². The normalized spacial score (nSPS) is 10.9. The van der Waals surface area contributed by atoms with Gasteiger partial charge in [0.25, 0.3) is 11.8 Å². The number of carbonyl (C=O) groups is 5. The SMILES string of the molecule is CCC(C)=O.CCc1ccccc1N(CC(NC(=O)c1cc(Cl)c(NC(C)=O)c(Cl)c1)C(C)=O)C(=O)CO. The second kappa shape index (κ2) is 15.9. The van der Waals surface area contributed by atoms with Crippen molar-refractivity contribution in [1.82, 2.24) is 5.32 Å². The highest BCUT2D eigenvalue weighted by molar-refractivity contribution is 6.40. The van der Waals surface area contributed by atoms with Crippen molar-refractivity contribution in [3.8, 4) is 0 Å². The van der Waals surface area contributed by atoms with Crippen molar-refractivity contribution >= 4 is 63.9 Å². The number of hydrogen-bond donors (Lipinski definition) is 3. The highest BCUT2D eigenvalue weighted by atomic mass is 35.5. The molecule has 2 aromatic rings. The zero-order chi connectivity index (χ0) is 29.0. The lowest BCUT2D eigenvalue weighted by Crippen LogP contribution is -2.50. The summed E-state index contributed by atoms with van der Waals surface area (Å²) in [4.78, 5) is 60.1. The molecule has 11 heteroatoms. The van der Waals surface area contributed by atoms with Gasteiger partial charge in [0.1, 0.15) is 18.4 Å². The van der Waals surface area contributed by atoms with Crippen LogP contribution in [0.5, 0.6) is 0 Å². The Balaban J connectivity index is 0.00000132. The van der Waals surface area contributed by atoms with Gasteiger partial charge in [0.15, 0.2) is 5.78 Å². The van der Waals surface area contributed by atoms with E-state index in [1.54, 1.807) is 19.1 Å². The van der Waals surface area contributed by atoms with Crippen LogP contribution in [-0.4, -0.2) is 53.6 Å². The first-order valence-corrected chi connectivity index (χ1v) is 12.7. The number of amides is 3. The number of ketones is 2. The van der Waals surface area contributed by atoms with Crippen LogP contribution in [0.3, 0.4) is 0 Å². The van der Waals surface area contributed by atoms with Crippen LogP contribution in [-0.2, 0) is 25.6 Å². The summed E-state index contributed by atoms with van der Waals surface area (Å²) in [5, 5.41) is 14.7. The van der Waals surface area contributed by atoms with Crippen molar-refractivity contribution in [3.63, 3.8) is 0 Å². The highest BCUT2D eigenvalue weighted by Crippen LogP contribution is 2.32. The number of carbonyl (C=O) groups excluding carboxylic acids is 5. The summed E-state index contributed by atoms with van der Waals surface area (Å²) in [5.74, 6) is -1.77. The van der Waals surface area contributed by atoms with Gasteiger partial charge >= 0.3 is 0 Å². The molecule has 9 nitrogen and oxygen atoms in total. The summed E-state index contributed by atoms with van der Waals surface area (Å²) in [5.41, 5.74) is 1.63. The van der Waals surface area contributed by atoms with E-state index in [9.17, 15) is 29.1 Å². The Hall–Kier alpha value is -3.27. The number of hydrogen-bond acceptors (Lipinski definition) is 6. The van der Waals surface area contributed by atoms with Crippen molar-refractivity contribution in [2.24, 2.45) is 0 Å². The first kappa shape index (κ1) is 32.8. The Morgan fingerprint density at radius 3 is 1.97 bits per heavy atom. The van der Waals surface area contributed by atoms with E-state index in [2.05, 4.69) is 10.6 Å². The summed E-state index contributed by atoms with van der Waals surface area (Å²) in [7, 11) is 0. The minimum Gasteiger partial charge on any atom is -0.387 e. The molecule has 0 fully saturated rings. The predicted molar refractivity (Wildman–Crippen MR) is 149 cm³/mol. The molecule has 3 amide bonds. The molecule has 3 N–H and O–H groups in total. The molecule has 1 atom stereocenters. The topological polar surface area (TPSA) is 133 Å². The van der Waals surface area contributed by atoms with Crippen molar-refractivity contribution in [1.29, 1.82) is 0 Å². The van der Waals surface area contributed by atoms with Crippen LogP contribution in [0.1, 0.15) is 57.0 Å². The number of aryl methyl sites for hydroxylation is 1. The fourth-order valence-electron chi connectivity index (χ4n) is 3.19. The number of rotatable bonds is 10. The van der Waals surface area contributed by atoms with Gasteiger partial charge in [-0.3, -0.25) is 19.2 Å². The maximum Gasteiger partial charge on any atom is 0.252 e. The van der Waals surface area contributed by atoms with E-state index in [0.29, 0.717) is 18.5 Å². The van der Waals surface area contributed by atoms with Gasteiger partial charge in [-0.25, -0.2) is 0 Å². The lowest BCUT2D eigenvalue weighted by Gasteiger charge is -2.28. The molecule has 0 saturated carbocycles. The number of aliphatic hydroxyl groups is 1. The maximum atomic E-state index is 12.9. The zero-order valence-electron chi connectivity index (χ0n) is 22.1. The van der Waals surface area contributed by atoms with Gasteiger partial charge in [-0.15, -0.1) is 0 Å². The van der Waals surface area contributed by atoms with Crippen LogP contribution in [0.15, 0.2) is 36.4 Å². The van der Waals surface area contributed by atoms with E-state index >= 15 is 0 Å². The summed E-state index contributed by atoms with van der Waals surface area (Å²) < 4.78 is 0. The standard InChI is InChI=1S/C23H25Cl2N3O5.C4H8O/c1-4-15-7-5-6-8-20(15)28(21(32)12-29)11-19(13(2)30)27-23(33)16-9-17(24)22(18(25)10-16)26-14(3)31;1-3-4(2)5/h5-10,19,29H,4,11-12H2,1-3H3,(H,26,31)(H,27,33);3H2,1-2H3. The number of halogens is 2. The van der Waals surface area contributed by atoms with Crippen molar-refractivity contribution < 1.29 is 29.1 Å². The predicted octanol–water partition coefficient (Wildman–Crippen LogP) is 4.21. The minimum atomic E-state index is -1.06. The molecule has 0 heterocycles. The lowest BCUT2D eigenvalue weighted by molar-refractivity contribution is -0.122. The molecule has 0 aromatic heterocycles. The number of nitrogens with zero attached hydrogens (tertiary/aromatic N) is 1. The third kappa shape index (κ3) is 9.89. The van der Waals surface area contributed by atoms with E-state index < -0.39 is 24.5 Å². The molecular weight excluding hydrogens is 533 g/mol. The summed E-state index contributed by atoms with van der Waals surface area (Å²) in [6.45, 7) is 7.00. The highest BCUT2D eigenvalue weighted by Gasteiger charge is 2.26. The molecule has 38 heavy (non-hydrogen) atoms. The lowest BCUT2D eigenvalue weighted by atomic mass is 10.1. The number of anilines is 2. The van der Waals surface area contributed by atoms with Crippen molar-refractivity contribution in [3.05, 3.63) is 57.6 Å². The van der Waals surface area contributed by atoms with Gasteiger partial charge in [0, 0.05) is 24.6 Å². The fourth-order valence-corrected chi connectivity index (χ4v) is 3.77. The van der Waals surface area contributed by atoms with Crippen LogP contribution in [0.25, 0.3) is 0 Å². The second-order valence-electron chi connectivity index (χ2n) is 8.33. The van der Waals surface area contributed by atoms with Crippen LogP contribution in [0, 0.1) is 0 Å². The molecule has 2 rings (SSSR count). The Morgan fingerprint density at radius 1 is 0.974 bits per heavy atom. The molecule has 0 bridgehead atoms. The molecule has 2 aromatic carbocycles. The molecule has 0 saturated heterocycles. The molecular formula is C27H33Cl2N3O6. The van der Waals surface area contributed by atoms with Gasteiger partial charge in [-0.05, 0) is 44.0 Å². The van der Waals surface area contributed by atoms with E-state index in [1.807, 2.05) is 26.0 Å². The van der Waals surface area contributed by atoms with Gasteiger partial charge in [-0.2, -0.15) is 0 Å². The second-order valence-corrected chi connectivity index (χ2v) is 9.15. The van der Waals surface area contributed by atoms with Crippen LogP contribution in [0.4, 0.5) is 11.4 Å².